The molecule has 94 heavy (non-hydrogen) atoms. The molecule has 9 nitrogen and oxygen atoms in total. The summed E-state index contributed by atoms with van der Waals surface area (Å²) in [4.78, 5) is 13.2. The second kappa shape index (κ2) is 72.6. The summed E-state index contributed by atoms with van der Waals surface area (Å²) in [6.07, 6.45) is 101. The molecule has 0 radical (unpaired) electrons. The minimum Gasteiger partial charge on any atom is -0.394 e. The molecule has 0 aromatic heterocycles. The zero-order chi connectivity index (χ0) is 67.8. The SMILES string of the molecule is CC/C=C\C/C=C\C/C=C\C/C=C\C/C=C\C/C=C\C/C=C\CCCCCCCCCCCCCCCCCCCCCC(=O)NC(COC1OC(CO)C(O)C(O)C1O)C(O)/C=C/CC/C=C/CCCCCCCCCCCCCCCCCCCCCCCCCC. The zero-order valence-electron chi connectivity index (χ0n) is 61.2. The highest BCUT2D eigenvalue weighted by Crippen LogP contribution is 2.24. The molecular formula is C85H151NO8. The fourth-order valence-electron chi connectivity index (χ4n) is 12.4. The van der Waals surface area contributed by atoms with E-state index in [1.54, 1.807) is 6.08 Å². The molecule has 9 heteroatoms. The highest BCUT2D eigenvalue weighted by Gasteiger charge is 2.44. The second-order valence-electron chi connectivity index (χ2n) is 27.5. The van der Waals surface area contributed by atoms with Gasteiger partial charge in [-0.15, -0.1) is 0 Å². The summed E-state index contributed by atoms with van der Waals surface area (Å²) in [6.45, 7) is 3.69. The quantitative estimate of drug-likeness (QED) is 0.0261. The average molecular weight is 1320 g/mol. The van der Waals surface area contributed by atoms with Crippen molar-refractivity contribution in [3.05, 3.63) is 109 Å². The van der Waals surface area contributed by atoms with Gasteiger partial charge in [0.25, 0.3) is 0 Å². The van der Waals surface area contributed by atoms with E-state index in [2.05, 4.69) is 116 Å². The van der Waals surface area contributed by atoms with Crippen LogP contribution in [0.25, 0.3) is 0 Å². The van der Waals surface area contributed by atoms with Crippen LogP contribution >= 0.6 is 0 Å². The number of amides is 1. The number of unbranched alkanes of at least 4 members (excludes halogenated alkanes) is 44. The van der Waals surface area contributed by atoms with Gasteiger partial charge in [-0.1, -0.05) is 380 Å². The van der Waals surface area contributed by atoms with Gasteiger partial charge < -0.3 is 40.3 Å². The van der Waals surface area contributed by atoms with Gasteiger partial charge in [-0.25, -0.2) is 0 Å². The fourth-order valence-corrected chi connectivity index (χ4v) is 12.4. The molecule has 1 saturated heterocycles. The van der Waals surface area contributed by atoms with Crippen LogP contribution in [0.2, 0.25) is 0 Å². The Morgan fingerprint density at radius 1 is 0.372 bits per heavy atom. The van der Waals surface area contributed by atoms with Crippen LogP contribution in [0.1, 0.15) is 367 Å². The molecule has 1 heterocycles. The van der Waals surface area contributed by atoms with Crippen molar-refractivity contribution in [2.24, 2.45) is 0 Å². The van der Waals surface area contributed by atoms with Crippen LogP contribution in [-0.4, -0.2) is 87.5 Å². The first-order chi connectivity index (χ1) is 46.3. The largest absolute Gasteiger partial charge is 0.394 e. The van der Waals surface area contributed by atoms with E-state index in [4.69, 9.17) is 9.47 Å². The number of hydrogen-bond donors (Lipinski definition) is 6. The zero-order valence-corrected chi connectivity index (χ0v) is 61.2. The van der Waals surface area contributed by atoms with Gasteiger partial charge in [0.2, 0.25) is 5.91 Å². The summed E-state index contributed by atoms with van der Waals surface area (Å²) in [5, 5.41) is 54.9. The maximum absolute atomic E-state index is 13.2. The van der Waals surface area contributed by atoms with Crippen molar-refractivity contribution in [3.8, 4) is 0 Å². The van der Waals surface area contributed by atoms with Crippen LogP contribution in [-0.2, 0) is 14.3 Å². The number of ether oxygens (including phenoxy) is 2. The molecule has 1 aliphatic rings. The normalized spacial score (nSPS) is 18.1. The van der Waals surface area contributed by atoms with Gasteiger partial charge in [0, 0.05) is 6.42 Å². The summed E-state index contributed by atoms with van der Waals surface area (Å²) in [5.41, 5.74) is 0. The topological polar surface area (TPSA) is 149 Å². The molecule has 7 unspecified atom stereocenters. The van der Waals surface area contributed by atoms with Crippen molar-refractivity contribution < 1.29 is 39.8 Å². The van der Waals surface area contributed by atoms with Crippen molar-refractivity contribution in [1.82, 2.24) is 5.32 Å². The van der Waals surface area contributed by atoms with Crippen molar-refractivity contribution in [3.63, 3.8) is 0 Å². The minimum absolute atomic E-state index is 0.183. The van der Waals surface area contributed by atoms with Gasteiger partial charge in [-0.3, -0.25) is 4.79 Å². The Morgan fingerprint density at radius 2 is 0.670 bits per heavy atom. The number of aliphatic hydroxyl groups is 5. The number of nitrogens with one attached hydrogen (secondary N) is 1. The van der Waals surface area contributed by atoms with Gasteiger partial charge >= 0.3 is 0 Å². The predicted octanol–water partition coefficient (Wildman–Crippen LogP) is 23.1. The monoisotopic (exact) mass is 1310 g/mol. The van der Waals surface area contributed by atoms with Crippen molar-refractivity contribution >= 4 is 5.91 Å². The molecule has 0 aromatic carbocycles. The van der Waals surface area contributed by atoms with Crippen LogP contribution in [0, 0.1) is 0 Å². The van der Waals surface area contributed by atoms with Crippen molar-refractivity contribution in [1.29, 1.82) is 0 Å². The van der Waals surface area contributed by atoms with E-state index in [1.807, 2.05) is 6.08 Å². The molecule has 0 bridgehead atoms. The Morgan fingerprint density at radius 3 is 1.02 bits per heavy atom. The molecule has 0 aliphatic carbocycles. The molecule has 0 aromatic rings. The lowest BCUT2D eigenvalue weighted by Crippen LogP contribution is -2.60. The highest BCUT2D eigenvalue weighted by molar-refractivity contribution is 5.76. The first-order valence-electron chi connectivity index (χ1n) is 40.1. The highest BCUT2D eigenvalue weighted by atomic mass is 16.7. The predicted molar refractivity (Wildman–Crippen MR) is 405 cm³/mol. The van der Waals surface area contributed by atoms with Crippen LogP contribution in [0.3, 0.4) is 0 Å². The van der Waals surface area contributed by atoms with E-state index in [-0.39, 0.29) is 12.5 Å². The number of rotatable bonds is 70. The standard InChI is InChI=1S/C85H151NO8/c1-3-5-7-9-11-13-15-17-19-21-23-25-27-29-31-33-35-36-37-38-39-40-41-42-43-44-45-47-49-51-53-55-57-59-61-63-65-67-69-71-73-75-81(89)86-78(77-93-85-84(92)83(91)82(90)80(76-87)94-85)79(88)74-72-70-68-66-64-62-60-58-56-54-52-50-48-46-34-32-30-28-26-24-22-20-18-16-14-12-10-8-6-4-2/h5,7,11,13,17,19,23,25,29,31,35-36,38-39,64,66,72,74,78-80,82-85,87-88,90-92H,3-4,6,8-10,12,14-16,18,20-22,24,26-28,30,32-34,37,40-63,65,67-71,73,75-77H2,1-2H3,(H,86,89)/b7-5-,13-11-,19-17-,25-23-,31-29-,36-35-,39-38-,66-64+,74-72+. The summed E-state index contributed by atoms with van der Waals surface area (Å²) in [5.74, 6) is -0.183. The Balaban J connectivity index is 2.08. The Kier molecular flexibility index (Phi) is 68.6. The molecule has 0 saturated carbocycles. The van der Waals surface area contributed by atoms with Gasteiger partial charge in [0.15, 0.2) is 6.29 Å². The van der Waals surface area contributed by atoms with Crippen LogP contribution in [0.15, 0.2) is 109 Å². The van der Waals surface area contributed by atoms with Crippen LogP contribution in [0.4, 0.5) is 0 Å². The minimum atomic E-state index is -1.58. The summed E-state index contributed by atoms with van der Waals surface area (Å²) in [6, 6.07) is -0.828. The third-order valence-electron chi connectivity index (χ3n) is 18.6. The number of carbonyl (C=O) groups is 1. The van der Waals surface area contributed by atoms with E-state index in [0.717, 1.165) is 83.5 Å². The van der Waals surface area contributed by atoms with E-state index >= 15 is 0 Å². The van der Waals surface area contributed by atoms with Gasteiger partial charge in [-0.2, -0.15) is 0 Å². The summed E-state index contributed by atoms with van der Waals surface area (Å²) < 4.78 is 11.3. The van der Waals surface area contributed by atoms with Gasteiger partial charge in [0.1, 0.15) is 24.4 Å². The molecular weight excluding hydrogens is 1160 g/mol. The smallest absolute Gasteiger partial charge is 0.220 e. The van der Waals surface area contributed by atoms with E-state index in [0.29, 0.717) is 6.42 Å². The third kappa shape index (κ3) is 60.1. The average Bonchev–Trinajstić information content (AvgIpc) is 0.831. The number of hydrogen-bond acceptors (Lipinski definition) is 8. The van der Waals surface area contributed by atoms with Crippen molar-refractivity contribution in [2.45, 2.75) is 410 Å². The van der Waals surface area contributed by atoms with Crippen LogP contribution < -0.4 is 5.32 Å². The first kappa shape index (κ1) is 88.9. The maximum atomic E-state index is 13.2. The molecule has 7 atom stereocenters. The lowest BCUT2D eigenvalue weighted by molar-refractivity contribution is -0.302. The molecule has 1 amide bonds. The molecule has 1 fully saturated rings. The molecule has 1 aliphatic heterocycles. The van der Waals surface area contributed by atoms with E-state index < -0.39 is 49.5 Å². The molecule has 1 rings (SSSR count). The van der Waals surface area contributed by atoms with E-state index in [9.17, 15) is 30.3 Å². The summed E-state index contributed by atoms with van der Waals surface area (Å²) in [7, 11) is 0. The lowest BCUT2D eigenvalue weighted by Gasteiger charge is -2.40. The molecule has 6 N–H and O–H groups in total. The Labute approximate surface area is 580 Å². The van der Waals surface area contributed by atoms with Crippen molar-refractivity contribution in [2.75, 3.05) is 13.2 Å². The second-order valence-corrected chi connectivity index (χ2v) is 27.5. The third-order valence-corrected chi connectivity index (χ3v) is 18.6. The number of carbonyl (C=O) groups excluding carboxylic acids is 1. The van der Waals surface area contributed by atoms with Crippen LogP contribution in [0.5, 0.6) is 0 Å². The molecule has 0 spiro atoms. The van der Waals surface area contributed by atoms with Gasteiger partial charge in [0.05, 0.1) is 25.4 Å². The van der Waals surface area contributed by atoms with E-state index in [1.165, 1.54) is 263 Å². The number of allylic oxidation sites excluding steroid dienone is 17. The first-order valence-corrected chi connectivity index (χ1v) is 40.1. The Bertz CT molecular complexity index is 1870. The number of aliphatic hydroxyl groups excluding tert-OH is 5. The fraction of sp³-hybridized carbons (Fsp3) is 0.776. The Hall–Kier alpha value is -3.15. The molecule has 544 valence electrons. The lowest BCUT2D eigenvalue weighted by atomic mass is 9.99. The van der Waals surface area contributed by atoms with Gasteiger partial charge in [-0.05, 0) is 89.9 Å². The maximum Gasteiger partial charge on any atom is 0.220 e. The summed E-state index contributed by atoms with van der Waals surface area (Å²) >= 11 is 0.